The average molecular weight is 149 g/mol. The SMILES string of the molecule is OCc1nc2ccccn2n1. The lowest BCUT2D eigenvalue weighted by Crippen LogP contribution is -1.87. The average Bonchev–Trinajstić information content (AvgIpc) is 2.46. The number of aliphatic hydroxyl groups is 1. The van der Waals surface area contributed by atoms with E-state index in [2.05, 4.69) is 10.1 Å². The molecular weight excluding hydrogens is 142 g/mol. The van der Waals surface area contributed by atoms with Gasteiger partial charge in [-0.15, -0.1) is 5.10 Å². The van der Waals surface area contributed by atoms with Crippen LogP contribution < -0.4 is 0 Å². The molecule has 0 fully saturated rings. The molecule has 0 bridgehead atoms. The molecule has 2 rings (SSSR count). The van der Waals surface area contributed by atoms with Crippen molar-refractivity contribution in [3.63, 3.8) is 0 Å². The highest BCUT2D eigenvalue weighted by molar-refractivity contribution is 5.35. The number of nitrogens with zero attached hydrogens (tertiary/aromatic N) is 3. The normalized spacial score (nSPS) is 10.6. The maximum Gasteiger partial charge on any atom is 0.177 e. The minimum Gasteiger partial charge on any atom is -0.388 e. The van der Waals surface area contributed by atoms with Crippen molar-refractivity contribution < 1.29 is 5.11 Å². The van der Waals surface area contributed by atoms with Crippen molar-refractivity contribution in [1.82, 2.24) is 14.6 Å². The van der Waals surface area contributed by atoms with Crippen molar-refractivity contribution >= 4 is 5.65 Å². The third kappa shape index (κ3) is 0.969. The molecule has 0 radical (unpaired) electrons. The summed E-state index contributed by atoms with van der Waals surface area (Å²) in [7, 11) is 0. The number of hydrogen-bond acceptors (Lipinski definition) is 3. The van der Waals surface area contributed by atoms with Gasteiger partial charge < -0.3 is 5.11 Å². The molecule has 0 aliphatic carbocycles. The molecule has 0 unspecified atom stereocenters. The summed E-state index contributed by atoms with van der Waals surface area (Å²) in [5.74, 6) is 0.455. The first-order valence-corrected chi connectivity index (χ1v) is 3.31. The molecule has 2 aromatic heterocycles. The largest absolute Gasteiger partial charge is 0.388 e. The highest BCUT2D eigenvalue weighted by Gasteiger charge is 1.98. The van der Waals surface area contributed by atoms with Crippen LogP contribution in [0.15, 0.2) is 24.4 Å². The summed E-state index contributed by atoms with van der Waals surface area (Å²) in [6.07, 6.45) is 1.79. The molecule has 11 heavy (non-hydrogen) atoms. The first-order valence-electron chi connectivity index (χ1n) is 3.31. The van der Waals surface area contributed by atoms with Gasteiger partial charge in [-0.1, -0.05) is 6.07 Å². The van der Waals surface area contributed by atoms with Crippen LogP contribution in [0.25, 0.3) is 5.65 Å². The lowest BCUT2D eigenvalue weighted by molar-refractivity contribution is 0.271. The molecule has 2 heterocycles. The zero-order valence-electron chi connectivity index (χ0n) is 5.81. The molecule has 0 amide bonds. The summed E-state index contributed by atoms with van der Waals surface area (Å²) in [5.41, 5.74) is 0.761. The van der Waals surface area contributed by atoms with Gasteiger partial charge in [0, 0.05) is 6.20 Å². The molecule has 0 atom stereocenters. The van der Waals surface area contributed by atoms with Crippen LogP contribution >= 0.6 is 0 Å². The summed E-state index contributed by atoms with van der Waals surface area (Å²) in [6.45, 7) is -0.109. The highest BCUT2D eigenvalue weighted by Crippen LogP contribution is 1.99. The quantitative estimate of drug-likeness (QED) is 0.631. The van der Waals surface area contributed by atoms with Gasteiger partial charge in [0.2, 0.25) is 0 Å². The fraction of sp³-hybridized carbons (Fsp3) is 0.143. The number of pyridine rings is 1. The van der Waals surface area contributed by atoms with Crippen molar-refractivity contribution in [3.8, 4) is 0 Å². The lowest BCUT2D eigenvalue weighted by atomic mass is 10.5. The van der Waals surface area contributed by atoms with E-state index in [-0.39, 0.29) is 6.61 Å². The van der Waals surface area contributed by atoms with Gasteiger partial charge in [-0.2, -0.15) is 0 Å². The van der Waals surface area contributed by atoms with E-state index in [1.165, 1.54) is 0 Å². The fourth-order valence-corrected chi connectivity index (χ4v) is 0.945. The Morgan fingerprint density at radius 1 is 1.45 bits per heavy atom. The summed E-state index contributed by atoms with van der Waals surface area (Å²) in [5, 5.41) is 12.7. The first kappa shape index (κ1) is 6.30. The van der Waals surface area contributed by atoms with Crippen LogP contribution in [0.2, 0.25) is 0 Å². The molecule has 0 aliphatic heterocycles. The van der Waals surface area contributed by atoms with E-state index in [1.54, 1.807) is 10.7 Å². The van der Waals surface area contributed by atoms with Gasteiger partial charge in [0.25, 0.3) is 0 Å². The summed E-state index contributed by atoms with van der Waals surface area (Å²) >= 11 is 0. The summed E-state index contributed by atoms with van der Waals surface area (Å²) in [4.78, 5) is 4.03. The van der Waals surface area contributed by atoms with Crippen LogP contribution in [-0.2, 0) is 6.61 Å². The Labute approximate surface area is 63.1 Å². The van der Waals surface area contributed by atoms with Crippen molar-refractivity contribution in [2.75, 3.05) is 0 Å². The fourth-order valence-electron chi connectivity index (χ4n) is 0.945. The molecule has 0 aliphatic rings. The topological polar surface area (TPSA) is 50.4 Å². The van der Waals surface area contributed by atoms with Crippen molar-refractivity contribution in [1.29, 1.82) is 0 Å². The second-order valence-corrected chi connectivity index (χ2v) is 2.19. The zero-order chi connectivity index (χ0) is 7.68. The predicted molar refractivity (Wildman–Crippen MR) is 38.9 cm³/mol. The minimum atomic E-state index is -0.109. The number of hydrogen-bond donors (Lipinski definition) is 1. The summed E-state index contributed by atoms with van der Waals surface area (Å²) < 4.78 is 1.63. The van der Waals surface area contributed by atoms with Gasteiger partial charge in [-0.3, -0.25) is 0 Å². The van der Waals surface area contributed by atoms with E-state index in [4.69, 9.17) is 5.11 Å². The maximum atomic E-state index is 8.70. The predicted octanol–water partition coefficient (Wildman–Crippen LogP) is 0.222. The minimum absolute atomic E-state index is 0.109. The third-order valence-corrected chi connectivity index (χ3v) is 1.43. The van der Waals surface area contributed by atoms with Crippen LogP contribution in [-0.4, -0.2) is 19.7 Å². The number of fused-ring (bicyclic) bond motifs is 1. The number of aromatic nitrogens is 3. The number of rotatable bonds is 1. The van der Waals surface area contributed by atoms with E-state index in [1.807, 2.05) is 18.2 Å². The Bertz CT molecular complexity index is 335. The number of aliphatic hydroxyl groups excluding tert-OH is 1. The molecular formula is C7H7N3O. The lowest BCUT2D eigenvalue weighted by Gasteiger charge is -1.84. The highest BCUT2D eigenvalue weighted by atomic mass is 16.3. The van der Waals surface area contributed by atoms with E-state index in [0.29, 0.717) is 5.82 Å². The second-order valence-electron chi connectivity index (χ2n) is 2.19. The van der Waals surface area contributed by atoms with Crippen LogP contribution in [0.4, 0.5) is 0 Å². The van der Waals surface area contributed by atoms with Gasteiger partial charge in [0.15, 0.2) is 11.5 Å². The van der Waals surface area contributed by atoms with Gasteiger partial charge >= 0.3 is 0 Å². The Hall–Kier alpha value is -1.42. The molecule has 0 saturated heterocycles. The molecule has 0 aromatic carbocycles. The molecule has 0 spiro atoms. The Morgan fingerprint density at radius 2 is 2.36 bits per heavy atom. The van der Waals surface area contributed by atoms with Crippen LogP contribution in [0, 0.1) is 0 Å². The molecule has 0 saturated carbocycles. The van der Waals surface area contributed by atoms with Crippen LogP contribution in [0.1, 0.15) is 5.82 Å². The molecule has 4 nitrogen and oxygen atoms in total. The molecule has 4 heteroatoms. The van der Waals surface area contributed by atoms with E-state index < -0.39 is 0 Å². The van der Waals surface area contributed by atoms with Gasteiger partial charge in [-0.05, 0) is 12.1 Å². The van der Waals surface area contributed by atoms with Crippen LogP contribution in [0.3, 0.4) is 0 Å². The molecule has 1 N–H and O–H groups in total. The smallest absolute Gasteiger partial charge is 0.177 e. The third-order valence-electron chi connectivity index (χ3n) is 1.43. The standard InChI is InChI=1S/C7H7N3O/c11-5-6-8-7-3-1-2-4-10(7)9-6/h1-4,11H,5H2. The zero-order valence-corrected chi connectivity index (χ0v) is 5.81. The summed E-state index contributed by atoms with van der Waals surface area (Å²) in [6, 6.07) is 5.58. The van der Waals surface area contributed by atoms with Crippen molar-refractivity contribution in [2.45, 2.75) is 6.61 Å². The molecule has 2 aromatic rings. The van der Waals surface area contributed by atoms with E-state index in [0.717, 1.165) is 5.65 Å². The van der Waals surface area contributed by atoms with Crippen molar-refractivity contribution in [3.05, 3.63) is 30.2 Å². The van der Waals surface area contributed by atoms with Crippen molar-refractivity contribution in [2.24, 2.45) is 0 Å². The van der Waals surface area contributed by atoms with Crippen LogP contribution in [0.5, 0.6) is 0 Å². The van der Waals surface area contributed by atoms with Gasteiger partial charge in [-0.25, -0.2) is 9.50 Å². The second kappa shape index (κ2) is 2.32. The van der Waals surface area contributed by atoms with Gasteiger partial charge in [0.1, 0.15) is 6.61 Å². The Morgan fingerprint density at radius 3 is 3.09 bits per heavy atom. The monoisotopic (exact) mass is 149 g/mol. The Kier molecular flexibility index (Phi) is 1.33. The Balaban J connectivity index is 2.69. The first-order chi connectivity index (χ1) is 5.40. The van der Waals surface area contributed by atoms with Gasteiger partial charge in [0.05, 0.1) is 0 Å². The maximum absolute atomic E-state index is 8.70. The van der Waals surface area contributed by atoms with E-state index in [9.17, 15) is 0 Å². The molecule has 56 valence electrons. The van der Waals surface area contributed by atoms with E-state index >= 15 is 0 Å².